The van der Waals surface area contributed by atoms with E-state index in [1.54, 1.807) is 19.1 Å². The van der Waals surface area contributed by atoms with Crippen LogP contribution in [0.15, 0.2) is 24.3 Å². The van der Waals surface area contributed by atoms with E-state index in [2.05, 4.69) is 0 Å². The van der Waals surface area contributed by atoms with Crippen LogP contribution in [0.4, 0.5) is 4.39 Å². The van der Waals surface area contributed by atoms with Crippen molar-refractivity contribution in [2.24, 2.45) is 0 Å². The lowest BCUT2D eigenvalue weighted by Gasteiger charge is -2.13. The van der Waals surface area contributed by atoms with Gasteiger partial charge in [-0.1, -0.05) is 38.1 Å². The van der Waals surface area contributed by atoms with Crippen LogP contribution in [0.3, 0.4) is 0 Å². The van der Waals surface area contributed by atoms with Gasteiger partial charge in [0.15, 0.2) is 0 Å². The van der Waals surface area contributed by atoms with Crippen molar-refractivity contribution >= 4 is 5.97 Å². The predicted octanol–water partition coefficient (Wildman–Crippen LogP) is 2.78. The minimum Gasteiger partial charge on any atom is -0.479 e. The number of carbonyl (C=O) groups is 1. The lowest BCUT2D eigenvalue weighted by atomic mass is 9.95. The average Bonchev–Trinajstić information content (AvgIpc) is 2.27. The number of hydrogen-bond donors (Lipinski definition) is 1. The number of alkyl halides is 1. The van der Waals surface area contributed by atoms with Crippen molar-refractivity contribution in [2.75, 3.05) is 0 Å². The molecule has 82 valence electrons. The summed E-state index contributed by atoms with van der Waals surface area (Å²) in [5.41, 5.74) is 1.89. The molecule has 0 fully saturated rings. The first-order valence-electron chi connectivity index (χ1n) is 5.02. The smallest absolute Gasteiger partial charge is 0.338 e. The van der Waals surface area contributed by atoms with Crippen LogP contribution in [-0.2, 0) is 11.2 Å². The van der Waals surface area contributed by atoms with Gasteiger partial charge in [-0.25, -0.2) is 9.18 Å². The second kappa shape index (κ2) is 4.91. The molecule has 0 saturated carbocycles. The van der Waals surface area contributed by atoms with Gasteiger partial charge >= 0.3 is 5.97 Å². The van der Waals surface area contributed by atoms with Gasteiger partial charge in [-0.15, -0.1) is 0 Å². The molecule has 15 heavy (non-hydrogen) atoms. The van der Waals surface area contributed by atoms with Crippen LogP contribution in [0.25, 0.3) is 0 Å². The Morgan fingerprint density at radius 3 is 2.33 bits per heavy atom. The highest BCUT2D eigenvalue weighted by molar-refractivity contribution is 5.73. The van der Waals surface area contributed by atoms with Crippen molar-refractivity contribution in [3.63, 3.8) is 0 Å². The number of halogens is 1. The zero-order valence-corrected chi connectivity index (χ0v) is 8.90. The van der Waals surface area contributed by atoms with E-state index >= 15 is 0 Å². The van der Waals surface area contributed by atoms with E-state index in [0.717, 1.165) is 17.5 Å². The average molecular weight is 210 g/mol. The van der Waals surface area contributed by atoms with Crippen LogP contribution in [0.2, 0.25) is 0 Å². The molecule has 0 heterocycles. The van der Waals surface area contributed by atoms with Crippen LogP contribution >= 0.6 is 0 Å². The Labute approximate surface area is 88.7 Å². The summed E-state index contributed by atoms with van der Waals surface area (Å²) in [6, 6.07) is 7.39. The van der Waals surface area contributed by atoms with Crippen LogP contribution in [0, 0.1) is 0 Å². The summed E-state index contributed by atoms with van der Waals surface area (Å²) in [5, 5.41) is 8.54. The Bertz CT molecular complexity index is 332. The van der Waals surface area contributed by atoms with Crippen molar-refractivity contribution in [3.05, 3.63) is 35.4 Å². The van der Waals surface area contributed by atoms with E-state index in [0.29, 0.717) is 0 Å². The zero-order chi connectivity index (χ0) is 11.4. The van der Waals surface area contributed by atoms with Crippen molar-refractivity contribution in [1.29, 1.82) is 0 Å². The van der Waals surface area contributed by atoms with Gasteiger partial charge in [-0.3, -0.25) is 0 Å². The van der Waals surface area contributed by atoms with Gasteiger partial charge in [0.2, 0.25) is 6.17 Å². The number of aryl methyl sites for hydroxylation is 1. The molecule has 0 aromatic heterocycles. The Morgan fingerprint density at radius 1 is 1.40 bits per heavy atom. The Balaban J connectivity index is 2.82. The Kier molecular flexibility index (Phi) is 3.83. The predicted molar refractivity (Wildman–Crippen MR) is 56.8 cm³/mol. The topological polar surface area (TPSA) is 37.3 Å². The number of carboxylic acid groups (broad SMARTS) is 1. The highest BCUT2D eigenvalue weighted by Gasteiger charge is 2.24. The molecule has 1 N–H and O–H groups in total. The molecule has 2 nitrogen and oxygen atoms in total. The van der Waals surface area contributed by atoms with Crippen LogP contribution < -0.4 is 0 Å². The van der Waals surface area contributed by atoms with Crippen molar-refractivity contribution in [3.8, 4) is 0 Å². The molecule has 2 unspecified atom stereocenters. The molecule has 3 heteroatoms. The number of hydrogen-bond acceptors (Lipinski definition) is 1. The molecule has 1 aromatic rings. The van der Waals surface area contributed by atoms with Crippen LogP contribution in [-0.4, -0.2) is 17.2 Å². The summed E-state index contributed by atoms with van der Waals surface area (Å²) in [5.74, 6) is -2.00. The largest absolute Gasteiger partial charge is 0.479 e. The third-order valence-electron chi connectivity index (χ3n) is 2.59. The standard InChI is InChI=1S/C12H15FO2/c1-3-9-4-6-10(7-5-9)8(2)11(13)12(14)15/h4-8,11H,3H2,1-2H3,(H,14,15). The molecule has 0 spiro atoms. The summed E-state index contributed by atoms with van der Waals surface area (Å²) >= 11 is 0. The first-order valence-corrected chi connectivity index (χ1v) is 5.02. The quantitative estimate of drug-likeness (QED) is 0.829. The maximum absolute atomic E-state index is 13.2. The molecular formula is C12H15FO2. The second-order valence-electron chi connectivity index (χ2n) is 3.62. The highest BCUT2D eigenvalue weighted by atomic mass is 19.1. The van der Waals surface area contributed by atoms with Gasteiger partial charge < -0.3 is 5.11 Å². The van der Waals surface area contributed by atoms with E-state index in [1.165, 1.54) is 0 Å². The molecule has 0 aliphatic heterocycles. The molecular weight excluding hydrogens is 195 g/mol. The normalized spacial score (nSPS) is 14.6. The molecule has 0 saturated heterocycles. The number of carboxylic acids is 1. The monoisotopic (exact) mass is 210 g/mol. The zero-order valence-electron chi connectivity index (χ0n) is 8.90. The molecule has 0 aliphatic rings. The molecule has 1 aromatic carbocycles. The second-order valence-corrected chi connectivity index (χ2v) is 3.62. The fourth-order valence-corrected chi connectivity index (χ4v) is 1.44. The minimum absolute atomic E-state index is 0.603. The maximum Gasteiger partial charge on any atom is 0.338 e. The highest BCUT2D eigenvalue weighted by Crippen LogP contribution is 2.22. The molecule has 0 bridgehead atoms. The molecule has 0 aliphatic carbocycles. The van der Waals surface area contributed by atoms with Crippen molar-refractivity contribution in [2.45, 2.75) is 32.4 Å². The summed E-state index contributed by atoms with van der Waals surface area (Å²) < 4.78 is 13.2. The van der Waals surface area contributed by atoms with Gasteiger partial charge in [0, 0.05) is 5.92 Å². The van der Waals surface area contributed by atoms with E-state index in [4.69, 9.17) is 5.11 Å². The molecule has 1 rings (SSSR count). The molecule has 0 amide bonds. The van der Waals surface area contributed by atoms with E-state index < -0.39 is 18.1 Å². The molecule has 0 radical (unpaired) electrons. The lowest BCUT2D eigenvalue weighted by Crippen LogP contribution is -2.21. The number of aliphatic carboxylic acids is 1. The van der Waals surface area contributed by atoms with E-state index in [1.807, 2.05) is 19.1 Å². The maximum atomic E-state index is 13.2. The fourth-order valence-electron chi connectivity index (χ4n) is 1.44. The third-order valence-corrected chi connectivity index (χ3v) is 2.59. The van der Waals surface area contributed by atoms with Gasteiger partial charge in [0.05, 0.1) is 0 Å². The van der Waals surface area contributed by atoms with Gasteiger partial charge in [-0.05, 0) is 17.5 Å². The summed E-state index contributed by atoms with van der Waals surface area (Å²) in [6.45, 7) is 3.62. The van der Waals surface area contributed by atoms with E-state index in [-0.39, 0.29) is 0 Å². The van der Waals surface area contributed by atoms with Gasteiger partial charge in [-0.2, -0.15) is 0 Å². The molecule has 2 atom stereocenters. The summed E-state index contributed by atoms with van der Waals surface area (Å²) in [4.78, 5) is 10.5. The van der Waals surface area contributed by atoms with Gasteiger partial charge in [0.1, 0.15) is 0 Å². The van der Waals surface area contributed by atoms with Crippen LogP contribution in [0.5, 0.6) is 0 Å². The fraction of sp³-hybridized carbons (Fsp3) is 0.417. The summed E-state index contributed by atoms with van der Waals surface area (Å²) in [7, 11) is 0. The minimum atomic E-state index is -1.84. The summed E-state index contributed by atoms with van der Waals surface area (Å²) in [6.07, 6.45) is -0.912. The number of benzene rings is 1. The van der Waals surface area contributed by atoms with Crippen molar-refractivity contribution < 1.29 is 14.3 Å². The first kappa shape index (κ1) is 11.7. The lowest BCUT2D eigenvalue weighted by molar-refractivity contribution is -0.143. The van der Waals surface area contributed by atoms with Crippen LogP contribution in [0.1, 0.15) is 30.9 Å². The van der Waals surface area contributed by atoms with E-state index in [9.17, 15) is 9.18 Å². The van der Waals surface area contributed by atoms with Crippen molar-refractivity contribution in [1.82, 2.24) is 0 Å². The SMILES string of the molecule is CCc1ccc(C(C)C(F)C(=O)O)cc1. The Hall–Kier alpha value is -1.38. The Morgan fingerprint density at radius 2 is 1.93 bits per heavy atom. The van der Waals surface area contributed by atoms with Gasteiger partial charge in [0.25, 0.3) is 0 Å². The first-order chi connectivity index (χ1) is 7.06. The number of rotatable bonds is 4. The third kappa shape index (κ3) is 2.78.